The van der Waals surface area contributed by atoms with Crippen LogP contribution >= 0.6 is 11.6 Å². The Morgan fingerprint density at radius 3 is 2.40 bits per heavy atom. The maximum Gasteiger partial charge on any atom is 0.256 e. The topological polar surface area (TPSA) is 52.9 Å². The molecule has 0 radical (unpaired) electrons. The van der Waals surface area contributed by atoms with Gasteiger partial charge in [-0.3, -0.25) is 4.79 Å². The largest absolute Gasteiger partial charge is 0.321 e. The molecule has 0 aliphatic heterocycles. The minimum absolute atomic E-state index is 0.114. The van der Waals surface area contributed by atoms with Crippen LogP contribution in [0.2, 0.25) is 5.02 Å². The molecule has 0 unspecified atom stereocenters. The van der Waals surface area contributed by atoms with Gasteiger partial charge in [-0.1, -0.05) is 48.0 Å². The Morgan fingerprint density at radius 2 is 1.68 bits per heavy atom. The van der Waals surface area contributed by atoms with E-state index in [1.165, 1.54) is 12.1 Å². The van der Waals surface area contributed by atoms with Gasteiger partial charge in [-0.05, 0) is 35.9 Å². The molecule has 0 saturated carbocycles. The molecule has 1 amide bonds. The van der Waals surface area contributed by atoms with Crippen LogP contribution < -0.4 is 5.32 Å². The Balaban J connectivity index is 2.01. The second-order valence-electron chi connectivity index (χ2n) is 5.28. The lowest BCUT2D eigenvalue weighted by Gasteiger charge is -2.12. The highest BCUT2D eigenvalue weighted by Gasteiger charge is 2.16. The van der Waals surface area contributed by atoms with E-state index < -0.39 is 11.7 Å². The smallest absolute Gasteiger partial charge is 0.256 e. The normalized spacial score (nSPS) is 10.1. The number of carbonyl (C=O) groups is 1. The zero-order chi connectivity index (χ0) is 17.8. The van der Waals surface area contributed by atoms with Crippen LogP contribution in [-0.4, -0.2) is 5.91 Å². The quantitative estimate of drug-likeness (QED) is 0.699. The van der Waals surface area contributed by atoms with E-state index in [4.69, 9.17) is 11.6 Å². The van der Waals surface area contributed by atoms with E-state index in [0.29, 0.717) is 27.9 Å². The summed E-state index contributed by atoms with van der Waals surface area (Å²) in [5.41, 5.74) is 2.49. The maximum absolute atomic E-state index is 13.1. The molecular weight excluding hydrogens is 339 g/mol. The third-order valence-corrected chi connectivity index (χ3v) is 4.00. The first-order valence-electron chi connectivity index (χ1n) is 7.45. The van der Waals surface area contributed by atoms with Gasteiger partial charge in [-0.25, -0.2) is 4.39 Å². The Kier molecular flexibility index (Phi) is 4.78. The van der Waals surface area contributed by atoms with Crippen molar-refractivity contribution in [1.29, 1.82) is 5.26 Å². The highest BCUT2D eigenvalue weighted by molar-refractivity contribution is 6.34. The zero-order valence-corrected chi connectivity index (χ0v) is 13.7. The summed E-state index contributed by atoms with van der Waals surface area (Å²) in [6.45, 7) is 0. The van der Waals surface area contributed by atoms with Crippen molar-refractivity contribution >= 4 is 23.2 Å². The number of rotatable bonds is 3. The van der Waals surface area contributed by atoms with Crippen LogP contribution in [0.15, 0.2) is 66.7 Å². The van der Waals surface area contributed by atoms with Crippen molar-refractivity contribution in [2.75, 3.05) is 5.32 Å². The predicted molar refractivity (Wildman–Crippen MR) is 96.0 cm³/mol. The molecule has 0 bridgehead atoms. The lowest BCUT2D eigenvalue weighted by Crippen LogP contribution is -2.13. The van der Waals surface area contributed by atoms with E-state index in [1.807, 2.05) is 6.07 Å². The molecule has 3 aromatic carbocycles. The van der Waals surface area contributed by atoms with E-state index in [0.717, 1.165) is 6.07 Å². The van der Waals surface area contributed by atoms with Gasteiger partial charge in [0.15, 0.2) is 0 Å². The van der Waals surface area contributed by atoms with Crippen LogP contribution in [0.25, 0.3) is 11.1 Å². The van der Waals surface area contributed by atoms with Crippen LogP contribution in [0.4, 0.5) is 10.1 Å². The summed E-state index contributed by atoms with van der Waals surface area (Å²) in [7, 11) is 0. The van der Waals surface area contributed by atoms with Crippen molar-refractivity contribution in [3.63, 3.8) is 0 Å². The molecule has 0 aromatic heterocycles. The molecule has 25 heavy (non-hydrogen) atoms. The highest BCUT2D eigenvalue weighted by Crippen LogP contribution is 2.29. The van der Waals surface area contributed by atoms with Crippen LogP contribution in [0.1, 0.15) is 15.9 Å². The first-order valence-corrected chi connectivity index (χ1v) is 7.83. The number of hydrogen-bond donors (Lipinski definition) is 1. The lowest BCUT2D eigenvalue weighted by molar-refractivity contribution is 0.102. The number of nitrogens with one attached hydrogen (secondary N) is 1. The first kappa shape index (κ1) is 16.7. The summed E-state index contributed by atoms with van der Waals surface area (Å²) in [6, 6.07) is 19.9. The number of nitriles is 1. The van der Waals surface area contributed by atoms with E-state index in [2.05, 4.69) is 11.4 Å². The molecule has 0 fully saturated rings. The third-order valence-electron chi connectivity index (χ3n) is 3.69. The summed E-state index contributed by atoms with van der Waals surface area (Å²) in [4.78, 5) is 12.7. The Hall–Kier alpha value is -3.16. The standard InChI is InChI=1S/C20H12ClFN2O/c21-18-11-14(22)9-10-19(18)24-20(25)17-8-4-3-7-16(17)15-6-2-1-5-13(15)12-23/h1-11H,(H,24,25). The number of carbonyl (C=O) groups excluding carboxylic acids is 1. The van der Waals surface area contributed by atoms with Crippen molar-refractivity contribution < 1.29 is 9.18 Å². The fourth-order valence-corrected chi connectivity index (χ4v) is 2.73. The molecule has 5 heteroatoms. The number of halogens is 2. The monoisotopic (exact) mass is 350 g/mol. The van der Waals surface area contributed by atoms with Crippen molar-refractivity contribution in [2.45, 2.75) is 0 Å². The van der Waals surface area contributed by atoms with Gasteiger partial charge in [-0.2, -0.15) is 5.26 Å². The number of hydrogen-bond acceptors (Lipinski definition) is 2. The molecule has 0 saturated heterocycles. The van der Waals surface area contributed by atoms with E-state index in [1.54, 1.807) is 42.5 Å². The molecule has 3 aromatic rings. The van der Waals surface area contributed by atoms with Gasteiger partial charge in [0.05, 0.1) is 22.3 Å². The fraction of sp³-hybridized carbons (Fsp3) is 0. The van der Waals surface area contributed by atoms with Crippen LogP contribution in [0.3, 0.4) is 0 Å². The highest BCUT2D eigenvalue weighted by atomic mass is 35.5. The minimum atomic E-state index is -0.480. The van der Waals surface area contributed by atoms with Gasteiger partial charge >= 0.3 is 0 Å². The molecule has 0 atom stereocenters. The summed E-state index contributed by atoms with van der Waals surface area (Å²) >= 11 is 5.97. The molecule has 0 heterocycles. The predicted octanol–water partition coefficient (Wildman–Crippen LogP) is 5.27. The number of nitrogens with zero attached hydrogens (tertiary/aromatic N) is 1. The van der Waals surface area contributed by atoms with Crippen LogP contribution in [0.5, 0.6) is 0 Å². The molecule has 0 spiro atoms. The van der Waals surface area contributed by atoms with Gasteiger partial charge in [0.2, 0.25) is 0 Å². The van der Waals surface area contributed by atoms with Crippen molar-refractivity contribution in [1.82, 2.24) is 0 Å². The number of amides is 1. The van der Waals surface area contributed by atoms with Gasteiger partial charge in [-0.15, -0.1) is 0 Å². The summed E-state index contributed by atoms with van der Waals surface area (Å²) in [5.74, 6) is -0.872. The third kappa shape index (κ3) is 3.52. The second-order valence-corrected chi connectivity index (χ2v) is 5.69. The SMILES string of the molecule is N#Cc1ccccc1-c1ccccc1C(=O)Nc1ccc(F)cc1Cl. The molecule has 0 aliphatic rings. The first-order chi connectivity index (χ1) is 12.1. The van der Waals surface area contributed by atoms with Crippen molar-refractivity contribution in [3.8, 4) is 17.2 Å². The summed E-state index contributed by atoms with van der Waals surface area (Å²) < 4.78 is 13.1. The van der Waals surface area contributed by atoms with E-state index in [9.17, 15) is 14.4 Å². The second kappa shape index (κ2) is 7.16. The minimum Gasteiger partial charge on any atom is -0.321 e. The van der Waals surface area contributed by atoms with Gasteiger partial charge in [0.25, 0.3) is 5.91 Å². The Bertz CT molecular complexity index is 995. The van der Waals surface area contributed by atoms with Crippen LogP contribution in [-0.2, 0) is 0 Å². The molecule has 0 aliphatic carbocycles. The number of anilines is 1. The summed E-state index contributed by atoms with van der Waals surface area (Å²) in [6.07, 6.45) is 0. The van der Waals surface area contributed by atoms with Crippen LogP contribution in [0, 0.1) is 17.1 Å². The number of benzene rings is 3. The Labute approximate surface area is 149 Å². The molecular formula is C20H12ClFN2O. The maximum atomic E-state index is 13.1. The molecule has 3 rings (SSSR count). The zero-order valence-electron chi connectivity index (χ0n) is 13.0. The van der Waals surface area contributed by atoms with Crippen molar-refractivity contribution in [2.24, 2.45) is 0 Å². The molecule has 122 valence electrons. The average Bonchev–Trinajstić information content (AvgIpc) is 2.64. The van der Waals surface area contributed by atoms with Gasteiger partial charge < -0.3 is 5.32 Å². The van der Waals surface area contributed by atoms with E-state index in [-0.39, 0.29) is 5.02 Å². The molecule has 1 N–H and O–H groups in total. The fourth-order valence-electron chi connectivity index (χ4n) is 2.51. The van der Waals surface area contributed by atoms with Crippen molar-refractivity contribution in [3.05, 3.63) is 88.7 Å². The van der Waals surface area contributed by atoms with E-state index >= 15 is 0 Å². The molecule has 3 nitrogen and oxygen atoms in total. The summed E-state index contributed by atoms with van der Waals surface area (Å²) in [5, 5.41) is 12.1. The average molecular weight is 351 g/mol. The van der Waals surface area contributed by atoms with Gasteiger partial charge in [0, 0.05) is 11.1 Å². The lowest BCUT2D eigenvalue weighted by atomic mass is 9.95. The Morgan fingerprint density at radius 1 is 1.00 bits per heavy atom. The van der Waals surface area contributed by atoms with Gasteiger partial charge in [0.1, 0.15) is 5.82 Å².